The maximum Gasteiger partial charge on any atom is 0.287 e. The Balaban J connectivity index is 2.05. The van der Waals surface area contributed by atoms with E-state index >= 15 is 0 Å². The smallest absolute Gasteiger partial charge is 0.287 e. The summed E-state index contributed by atoms with van der Waals surface area (Å²) in [4.78, 5) is 0. The molecule has 18 heavy (non-hydrogen) atoms. The fourth-order valence-electron chi connectivity index (χ4n) is 1.87. The standard InChI is InChI=1S/C12H9Cl2N2OP/c13-9-6-11-12(7-10(9)14)16-18(17,15-11)8-4-2-1-3-5-8/h1-7H,(H2,15,16,17). The highest BCUT2D eigenvalue weighted by Crippen LogP contribution is 2.54. The van der Waals surface area contributed by atoms with Crippen LogP contribution in [0.4, 0.5) is 11.4 Å². The Morgan fingerprint density at radius 3 is 1.89 bits per heavy atom. The van der Waals surface area contributed by atoms with Crippen LogP contribution in [-0.2, 0) is 4.57 Å². The Morgan fingerprint density at radius 2 is 1.39 bits per heavy atom. The van der Waals surface area contributed by atoms with Crippen LogP contribution in [-0.4, -0.2) is 0 Å². The Morgan fingerprint density at radius 1 is 0.889 bits per heavy atom. The molecule has 2 N–H and O–H groups in total. The van der Waals surface area contributed by atoms with Gasteiger partial charge in [-0.1, -0.05) is 41.4 Å². The first-order chi connectivity index (χ1) is 8.58. The lowest BCUT2D eigenvalue weighted by molar-refractivity contribution is 0.588. The summed E-state index contributed by atoms with van der Waals surface area (Å²) in [5, 5.41) is 7.58. The van der Waals surface area contributed by atoms with Gasteiger partial charge >= 0.3 is 0 Å². The molecule has 0 spiro atoms. The lowest BCUT2D eigenvalue weighted by Gasteiger charge is -2.12. The van der Waals surface area contributed by atoms with Crippen molar-refractivity contribution in [1.82, 2.24) is 0 Å². The zero-order valence-corrected chi connectivity index (χ0v) is 11.6. The van der Waals surface area contributed by atoms with Gasteiger partial charge in [0.15, 0.2) is 0 Å². The van der Waals surface area contributed by atoms with Crippen molar-refractivity contribution in [2.75, 3.05) is 10.2 Å². The largest absolute Gasteiger partial charge is 0.315 e. The molecule has 0 atom stereocenters. The third-order valence-electron chi connectivity index (χ3n) is 2.74. The van der Waals surface area contributed by atoms with Gasteiger partial charge in [-0.2, -0.15) is 0 Å². The molecule has 0 unspecified atom stereocenters. The van der Waals surface area contributed by atoms with Crippen LogP contribution in [0.1, 0.15) is 0 Å². The van der Waals surface area contributed by atoms with Crippen molar-refractivity contribution in [3.05, 3.63) is 52.5 Å². The second kappa shape index (κ2) is 4.20. The number of benzene rings is 2. The summed E-state index contributed by atoms with van der Waals surface area (Å²) in [6.07, 6.45) is 0. The van der Waals surface area contributed by atoms with Crippen LogP contribution in [0.2, 0.25) is 10.0 Å². The molecule has 2 aromatic carbocycles. The number of rotatable bonds is 1. The van der Waals surface area contributed by atoms with Gasteiger partial charge < -0.3 is 10.2 Å². The van der Waals surface area contributed by atoms with E-state index in [0.29, 0.717) is 26.7 Å². The van der Waals surface area contributed by atoms with E-state index in [0.717, 1.165) is 0 Å². The third-order valence-corrected chi connectivity index (χ3v) is 5.60. The van der Waals surface area contributed by atoms with Crippen LogP contribution in [0, 0.1) is 0 Å². The Kier molecular flexibility index (Phi) is 2.78. The molecule has 0 radical (unpaired) electrons. The molecular formula is C12H9Cl2N2OP. The molecule has 0 bridgehead atoms. The van der Waals surface area contributed by atoms with Crippen molar-refractivity contribution < 1.29 is 4.57 Å². The molecular weight excluding hydrogens is 290 g/mol. The molecule has 1 aliphatic heterocycles. The Hall–Kier alpha value is -1.15. The van der Waals surface area contributed by atoms with Crippen molar-refractivity contribution in [3.63, 3.8) is 0 Å². The van der Waals surface area contributed by atoms with E-state index in [1.165, 1.54) is 0 Å². The van der Waals surface area contributed by atoms with Crippen LogP contribution >= 0.6 is 30.6 Å². The predicted molar refractivity (Wildman–Crippen MR) is 77.4 cm³/mol. The fraction of sp³-hybridized carbons (Fsp3) is 0. The van der Waals surface area contributed by atoms with Gasteiger partial charge in [0, 0.05) is 0 Å². The van der Waals surface area contributed by atoms with Gasteiger partial charge in [0.2, 0.25) is 0 Å². The SMILES string of the molecule is O=P1(c2ccccc2)Nc2cc(Cl)c(Cl)cc2N1. The molecule has 0 saturated carbocycles. The number of halogens is 2. The highest BCUT2D eigenvalue weighted by atomic mass is 35.5. The third kappa shape index (κ3) is 1.89. The highest BCUT2D eigenvalue weighted by Gasteiger charge is 2.32. The Bertz CT molecular complexity index is 626. The average Bonchev–Trinajstić information content (AvgIpc) is 2.68. The highest BCUT2D eigenvalue weighted by molar-refractivity contribution is 7.74. The fourth-order valence-corrected chi connectivity index (χ4v) is 4.15. The maximum atomic E-state index is 12.8. The number of nitrogens with one attached hydrogen (secondary N) is 2. The molecule has 1 aliphatic rings. The van der Waals surface area contributed by atoms with E-state index in [1.54, 1.807) is 12.1 Å². The average molecular weight is 299 g/mol. The van der Waals surface area contributed by atoms with E-state index in [4.69, 9.17) is 23.2 Å². The maximum absolute atomic E-state index is 12.8. The van der Waals surface area contributed by atoms with E-state index in [9.17, 15) is 4.57 Å². The summed E-state index contributed by atoms with van der Waals surface area (Å²) >= 11 is 11.9. The minimum atomic E-state index is -2.86. The van der Waals surface area contributed by atoms with Crippen LogP contribution in [0.25, 0.3) is 0 Å². The van der Waals surface area contributed by atoms with E-state index in [-0.39, 0.29) is 0 Å². The first kappa shape index (κ1) is 11.9. The van der Waals surface area contributed by atoms with Gasteiger partial charge in [-0.05, 0) is 24.3 Å². The molecule has 3 rings (SSSR count). The summed E-state index contributed by atoms with van der Waals surface area (Å²) in [7, 11) is -2.86. The summed E-state index contributed by atoms with van der Waals surface area (Å²) in [6.45, 7) is 0. The molecule has 0 aliphatic carbocycles. The quantitative estimate of drug-likeness (QED) is 0.769. The number of hydrogen-bond acceptors (Lipinski definition) is 1. The van der Waals surface area contributed by atoms with E-state index < -0.39 is 7.44 Å². The van der Waals surface area contributed by atoms with Crippen molar-refractivity contribution in [3.8, 4) is 0 Å². The van der Waals surface area contributed by atoms with Gasteiger partial charge in [-0.25, -0.2) is 0 Å². The van der Waals surface area contributed by atoms with Gasteiger partial charge in [-0.15, -0.1) is 0 Å². The lowest BCUT2D eigenvalue weighted by atomic mass is 10.3. The van der Waals surface area contributed by atoms with Gasteiger partial charge in [0.25, 0.3) is 7.44 Å². The van der Waals surface area contributed by atoms with Gasteiger partial charge in [0.1, 0.15) is 0 Å². The summed E-state index contributed by atoms with van der Waals surface area (Å²) in [5.74, 6) is 0. The van der Waals surface area contributed by atoms with E-state index in [2.05, 4.69) is 10.2 Å². The normalized spacial score (nSPS) is 15.7. The van der Waals surface area contributed by atoms with Gasteiger partial charge in [0.05, 0.1) is 26.7 Å². The molecule has 0 aromatic heterocycles. The lowest BCUT2D eigenvalue weighted by Crippen LogP contribution is -2.12. The van der Waals surface area contributed by atoms with Crippen LogP contribution < -0.4 is 15.5 Å². The molecule has 0 amide bonds. The van der Waals surface area contributed by atoms with Gasteiger partial charge in [-0.3, -0.25) is 4.57 Å². The van der Waals surface area contributed by atoms with Crippen molar-refractivity contribution >= 4 is 47.3 Å². The molecule has 2 aromatic rings. The van der Waals surface area contributed by atoms with Crippen molar-refractivity contribution in [2.24, 2.45) is 0 Å². The number of hydrogen-bond donors (Lipinski definition) is 2. The van der Waals surface area contributed by atoms with E-state index in [1.807, 2.05) is 30.3 Å². The topological polar surface area (TPSA) is 41.1 Å². The molecule has 0 saturated heterocycles. The minimum Gasteiger partial charge on any atom is -0.315 e. The second-order valence-corrected chi connectivity index (χ2v) is 6.98. The molecule has 0 fully saturated rings. The van der Waals surface area contributed by atoms with Crippen molar-refractivity contribution in [2.45, 2.75) is 0 Å². The predicted octanol–water partition coefficient (Wildman–Crippen LogP) is 4.35. The molecule has 3 nitrogen and oxygen atoms in total. The summed E-state index contributed by atoms with van der Waals surface area (Å²) in [6, 6.07) is 12.6. The summed E-state index contributed by atoms with van der Waals surface area (Å²) in [5.41, 5.74) is 1.41. The number of fused-ring (bicyclic) bond motifs is 1. The first-order valence-electron chi connectivity index (χ1n) is 5.30. The van der Waals surface area contributed by atoms with Crippen LogP contribution in [0.5, 0.6) is 0 Å². The monoisotopic (exact) mass is 298 g/mol. The number of anilines is 2. The van der Waals surface area contributed by atoms with Crippen LogP contribution in [0.3, 0.4) is 0 Å². The Labute approximate surface area is 115 Å². The van der Waals surface area contributed by atoms with Crippen LogP contribution in [0.15, 0.2) is 42.5 Å². The minimum absolute atomic E-state index is 0.436. The summed E-state index contributed by atoms with van der Waals surface area (Å²) < 4.78 is 12.8. The zero-order chi connectivity index (χ0) is 12.8. The molecule has 1 heterocycles. The second-order valence-electron chi connectivity index (χ2n) is 3.98. The molecule has 6 heteroatoms. The first-order valence-corrected chi connectivity index (χ1v) is 7.76. The van der Waals surface area contributed by atoms with Crippen molar-refractivity contribution in [1.29, 1.82) is 0 Å². The zero-order valence-electron chi connectivity index (χ0n) is 9.15. The molecule has 92 valence electrons.